The zero-order chi connectivity index (χ0) is 12.4. The molecule has 17 heavy (non-hydrogen) atoms. The zero-order valence-corrected chi connectivity index (χ0v) is 10.8. The quantitative estimate of drug-likeness (QED) is 0.870. The zero-order valence-electron chi connectivity index (χ0n) is 10.8. The van der Waals surface area contributed by atoms with Crippen LogP contribution in [0.2, 0.25) is 0 Å². The van der Waals surface area contributed by atoms with Gasteiger partial charge in [0.2, 0.25) is 0 Å². The summed E-state index contributed by atoms with van der Waals surface area (Å²) >= 11 is 0. The number of hydrogen-bond donors (Lipinski definition) is 1. The minimum Gasteiger partial charge on any atom is -0.472 e. The van der Waals surface area contributed by atoms with E-state index in [1.807, 2.05) is 19.9 Å². The van der Waals surface area contributed by atoms with Crippen LogP contribution in [0.15, 0.2) is 33.5 Å². The van der Waals surface area contributed by atoms with Crippen LogP contribution in [0, 0.1) is 13.8 Å². The lowest BCUT2D eigenvalue weighted by Crippen LogP contribution is -2.22. The van der Waals surface area contributed by atoms with Crippen molar-refractivity contribution in [2.45, 2.75) is 39.8 Å². The van der Waals surface area contributed by atoms with E-state index in [4.69, 9.17) is 8.83 Å². The minimum absolute atomic E-state index is 0.261. The fraction of sp³-hybridized carbons (Fsp3) is 0.429. The van der Waals surface area contributed by atoms with Gasteiger partial charge in [-0.15, -0.1) is 0 Å². The Morgan fingerprint density at radius 2 is 1.94 bits per heavy atom. The lowest BCUT2D eigenvalue weighted by molar-refractivity contribution is 0.465. The van der Waals surface area contributed by atoms with E-state index in [2.05, 4.69) is 25.2 Å². The summed E-state index contributed by atoms with van der Waals surface area (Å²) in [6.07, 6.45) is 3.48. The summed E-state index contributed by atoms with van der Waals surface area (Å²) in [5, 5.41) is 3.53. The molecule has 0 amide bonds. The Kier molecular flexibility index (Phi) is 3.38. The number of aryl methyl sites for hydroxylation is 2. The van der Waals surface area contributed by atoms with E-state index in [-0.39, 0.29) is 12.1 Å². The normalized spacial score (nSPS) is 14.8. The highest BCUT2D eigenvalue weighted by molar-refractivity contribution is 5.24. The average molecular weight is 233 g/mol. The fourth-order valence-electron chi connectivity index (χ4n) is 2.16. The molecule has 3 nitrogen and oxygen atoms in total. The molecule has 2 rings (SSSR count). The maximum atomic E-state index is 5.55. The molecule has 92 valence electrons. The Bertz CT molecular complexity index is 470. The van der Waals surface area contributed by atoms with E-state index in [0.29, 0.717) is 0 Å². The van der Waals surface area contributed by atoms with Crippen molar-refractivity contribution in [3.8, 4) is 0 Å². The summed E-state index contributed by atoms with van der Waals surface area (Å²) in [7, 11) is 0. The predicted octanol–water partition coefficient (Wildman–Crippen LogP) is 3.90. The molecule has 0 fully saturated rings. The smallest absolute Gasteiger partial charge is 0.105 e. The standard InChI is InChI=1S/C14H19NO2/c1-9-7-14(12(4)17-9)11(3)15-10(2)13-5-6-16-8-13/h5-8,10-11,15H,1-4H3. The molecule has 1 N–H and O–H groups in total. The van der Waals surface area contributed by atoms with Gasteiger partial charge in [0.05, 0.1) is 12.5 Å². The molecule has 0 aliphatic carbocycles. The van der Waals surface area contributed by atoms with Gasteiger partial charge in [0, 0.05) is 23.2 Å². The summed E-state index contributed by atoms with van der Waals surface area (Å²) in [6.45, 7) is 8.25. The first-order valence-corrected chi connectivity index (χ1v) is 5.93. The van der Waals surface area contributed by atoms with Crippen molar-refractivity contribution >= 4 is 0 Å². The van der Waals surface area contributed by atoms with Crippen molar-refractivity contribution in [2.24, 2.45) is 0 Å². The topological polar surface area (TPSA) is 38.3 Å². The number of hydrogen-bond acceptors (Lipinski definition) is 3. The van der Waals surface area contributed by atoms with E-state index in [1.54, 1.807) is 12.5 Å². The highest BCUT2D eigenvalue weighted by Gasteiger charge is 2.16. The van der Waals surface area contributed by atoms with Gasteiger partial charge in [-0.3, -0.25) is 0 Å². The molecule has 0 aromatic carbocycles. The fourth-order valence-corrected chi connectivity index (χ4v) is 2.16. The molecular weight excluding hydrogens is 214 g/mol. The van der Waals surface area contributed by atoms with Gasteiger partial charge in [-0.1, -0.05) is 0 Å². The highest BCUT2D eigenvalue weighted by Crippen LogP contribution is 2.24. The lowest BCUT2D eigenvalue weighted by Gasteiger charge is -2.18. The van der Waals surface area contributed by atoms with E-state index >= 15 is 0 Å². The first-order chi connectivity index (χ1) is 8.08. The molecule has 2 unspecified atom stereocenters. The molecule has 0 aliphatic rings. The van der Waals surface area contributed by atoms with Crippen molar-refractivity contribution < 1.29 is 8.83 Å². The van der Waals surface area contributed by atoms with Gasteiger partial charge in [0.15, 0.2) is 0 Å². The van der Waals surface area contributed by atoms with Crippen molar-refractivity contribution in [3.63, 3.8) is 0 Å². The second-order valence-corrected chi connectivity index (χ2v) is 4.54. The second-order valence-electron chi connectivity index (χ2n) is 4.54. The van der Waals surface area contributed by atoms with Gasteiger partial charge in [0.25, 0.3) is 0 Å². The van der Waals surface area contributed by atoms with Crippen LogP contribution in [0.4, 0.5) is 0 Å². The Hall–Kier alpha value is -1.48. The van der Waals surface area contributed by atoms with Gasteiger partial charge in [-0.2, -0.15) is 0 Å². The third kappa shape index (κ3) is 2.61. The number of furan rings is 2. The van der Waals surface area contributed by atoms with Crippen LogP contribution in [0.5, 0.6) is 0 Å². The molecule has 2 atom stereocenters. The van der Waals surface area contributed by atoms with Crippen LogP contribution >= 0.6 is 0 Å². The highest BCUT2D eigenvalue weighted by atomic mass is 16.3. The summed E-state index contributed by atoms with van der Waals surface area (Å²) < 4.78 is 10.6. The maximum absolute atomic E-state index is 5.55. The Morgan fingerprint density at radius 1 is 1.18 bits per heavy atom. The Balaban J connectivity index is 2.06. The van der Waals surface area contributed by atoms with Crippen molar-refractivity contribution in [1.29, 1.82) is 0 Å². The van der Waals surface area contributed by atoms with Gasteiger partial charge >= 0.3 is 0 Å². The molecule has 0 saturated carbocycles. The summed E-state index contributed by atoms with van der Waals surface area (Å²) in [4.78, 5) is 0. The van der Waals surface area contributed by atoms with E-state index in [9.17, 15) is 0 Å². The van der Waals surface area contributed by atoms with E-state index in [0.717, 1.165) is 17.1 Å². The predicted molar refractivity (Wildman–Crippen MR) is 66.9 cm³/mol. The van der Waals surface area contributed by atoms with Crippen LogP contribution < -0.4 is 5.32 Å². The maximum Gasteiger partial charge on any atom is 0.105 e. The third-order valence-electron chi connectivity index (χ3n) is 3.09. The first kappa shape index (κ1) is 12.0. The Labute approximate surface area is 102 Å². The lowest BCUT2D eigenvalue weighted by atomic mass is 10.1. The van der Waals surface area contributed by atoms with Gasteiger partial charge < -0.3 is 14.2 Å². The van der Waals surface area contributed by atoms with Crippen molar-refractivity contribution in [3.05, 3.63) is 47.3 Å². The summed E-state index contributed by atoms with van der Waals surface area (Å²) in [6, 6.07) is 4.60. The molecule has 0 spiro atoms. The van der Waals surface area contributed by atoms with Crippen LogP contribution in [0.3, 0.4) is 0 Å². The van der Waals surface area contributed by atoms with Gasteiger partial charge in [0.1, 0.15) is 11.5 Å². The second kappa shape index (κ2) is 4.80. The Morgan fingerprint density at radius 3 is 2.47 bits per heavy atom. The largest absolute Gasteiger partial charge is 0.472 e. The average Bonchev–Trinajstić information content (AvgIpc) is 2.87. The number of nitrogens with one attached hydrogen (secondary N) is 1. The monoisotopic (exact) mass is 233 g/mol. The van der Waals surface area contributed by atoms with Crippen LogP contribution in [0.25, 0.3) is 0 Å². The van der Waals surface area contributed by atoms with Gasteiger partial charge in [-0.05, 0) is 39.8 Å². The van der Waals surface area contributed by atoms with Crippen LogP contribution in [-0.2, 0) is 0 Å². The molecule has 2 aromatic heterocycles. The third-order valence-corrected chi connectivity index (χ3v) is 3.09. The molecular formula is C14H19NO2. The van der Waals surface area contributed by atoms with Crippen LogP contribution in [0.1, 0.15) is 48.6 Å². The summed E-state index contributed by atoms with van der Waals surface area (Å²) in [5.41, 5.74) is 2.38. The molecule has 3 heteroatoms. The van der Waals surface area contributed by atoms with Crippen molar-refractivity contribution in [1.82, 2.24) is 5.32 Å². The molecule has 2 heterocycles. The van der Waals surface area contributed by atoms with E-state index in [1.165, 1.54) is 5.56 Å². The SMILES string of the molecule is Cc1cc(C(C)NC(C)c2ccoc2)c(C)o1. The molecule has 0 aliphatic heterocycles. The molecule has 0 bridgehead atoms. The molecule has 0 radical (unpaired) electrons. The minimum atomic E-state index is 0.261. The van der Waals surface area contributed by atoms with E-state index < -0.39 is 0 Å². The van der Waals surface area contributed by atoms with Gasteiger partial charge in [-0.25, -0.2) is 0 Å². The molecule has 0 saturated heterocycles. The summed E-state index contributed by atoms with van der Waals surface area (Å²) in [5.74, 6) is 1.95. The first-order valence-electron chi connectivity index (χ1n) is 5.93. The van der Waals surface area contributed by atoms with Crippen LogP contribution in [-0.4, -0.2) is 0 Å². The number of rotatable bonds is 4. The van der Waals surface area contributed by atoms with Crippen molar-refractivity contribution in [2.75, 3.05) is 0 Å². The molecule has 2 aromatic rings.